The molecule has 1 N–H and O–H groups in total. The highest BCUT2D eigenvalue weighted by Gasteiger charge is 2.28. The van der Waals surface area contributed by atoms with Gasteiger partial charge in [0.05, 0.1) is 0 Å². The van der Waals surface area contributed by atoms with Gasteiger partial charge in [-0.2, -0.15) is 0 Å². The number of rotatable bonds is 7. The van der Waals surface area contributed by atoms with Crippen LogP contribution in [0.3, 0.4) is 0 Å². The molecule has 1 saturated carbocycles. The fourth-order valence-electron chi connectivity index (χ4n) is 1.85. The number of nitrogens with one attached hydrogen (secondary N) is 1. The van der Waals surface area contributed by atoms with Crippen molar-refractivity contribution in [2.24, 2.45) is 0 Å². The molecule has 0 saturated heterocycles. The summed E-state index contributed by atoms with van der Waals surface area (Å²) in [6, 6.07) is 0.915. The lowest BCUT2D eigenvalue weighted by molar-refractivity contribution is 0.248. The molecular weight excluding hydrogens is 184 g/mol. The van der Waals surface area contributed by atoms with Crippen molar-refractivity contribution in [3.05, 3.63) is 0 Å². The largest absolute Gasteiger partial charge is 0.311 e. The minimum absolute atomic E-state index is 0.264. The topological polar surface area (TPSA) is 15.3 Å². The maximum atomic E-state index is 3.57. The second kappa shape index (κ2) is 5.86. The Morgan fingerprint density at radius 2 is 1.87 bits per heavy atom. The normalized spacial score (nSPS) is 17.4. The van der Waals surface area contributed by atoms with Crippen LogP contribution in [0.15, 0.2) is 0 Å². The van der Waals surface area contributed by atoms with E-state index < -0.39 is 0 Å². The molecule has 0 aromatic rings. The number of nitrogens with zero attached hydrogens (tertiary/aromatic N) is 1. The lowest BCUT2D eigenvalue weighted by atomic mass is 10.1. The fraction of sp³-hybridized carbons (Fsp3) is 1.00. The highest BCUT2D eigenvalue weighted by Crippen LogP contribution is 2.26. The van der Waals surface area contributed by atoms with Gasteiger partial charge in [-0.05, 0) is 46.6 Å². The molecule has 0 amide bonds. The van der Waals surface area contributed by atoms with Crippen LogP contribution in [-0.4, -0.2) is 36.1 Å². The minimum Gasteiger partial charge on any atom is -0.311 e. The number of hydrogen-bond acceptors (Lipinski definition) is 2. The van der Waals surface area contributed by atoms with Gasteiger partial charge in [-0.1, -0.05) is 13.3 Å². The van der Waals surface area contributed by atoms with E-state index in [1.165, 1.54) is 38.8 Å². The van der Waals surface area contributed by atoms with Crippen LogP contribution in [0.2, 0.25) is 0 Å². The predicted molar refractivity (Wildman–Crippen MR) is 67.3 cm³/mol. The van der Waals surface area contributed by atoms with E-state index in [9.17, 15) is 0 Å². The Labute approximate surface area is 95.4 Å². The molecule has 0 heterocycles. The standard InChI is InChI=1S/C13H28N2/c1-5-6-10-15(12-7-8-12)11-9-14-13(2,3)4/h12,14H,5-11H2,1-4H3. The Bertz CT molecular complexity index is 168. The Kier molecular flexibility index (Phi) is 5.07. The first-order chi connectivity index (χ1) is 7.03. The lowest BCUT2D eigenvalue weighted by Crippen LogP contribution is -2.42. The molecule has 90 valence electrons. The van der Waals surface area contributed by atoms with E-state index in [0.717, 1.165) is 12.6 Å². The van der Waals surface area contributed by atoms with Crippen LogP contribution < -0.4 is 5.32 Å². The van der Waals surface area contributed by atoms with E-state index in [1.807, 2.05) is 0 Å². The van der Waals surface area contributed by atoms with Gasteiger partial charge in [-0.3, -0.25) is 4.90 Å². The summed E-state index contributed by atoms with van der Waals surface area (Å²) in [5.41, 5.74) is 0.264. The van der Waals surface area contributed by atoms with Gasteiger partial charge in [0.2, 0.25) is 0 Å². The van der Waals surface area contributed by atoms with Gasteiger partial charge in [0.25, 0.3) is 0 Å². The predicted octanol–water partition coefficient (Wildman–Crippen LogP) is 2.64. The summed E-state index contributed by atoms with van der Waals surface area (Å²) in [5.74, 6) is 0. The van der Waals surface area contributed by atoms with Gasteiger partial charge in [-0.15, -0.1) is 0 Å². The van der Waals surface area contributed by atoms with Crippen molar-refractivity contribution in [3.8, 4) is 0 Å². The SMILES string of the molecule is CCCCN(CCNC(C)(C)C)C1CC1. The molecule has 0 aromatic heterocycles. The summed E-state index contributed by atoms with van der Waals surface area (Å²) in [5, 5.41) is 3.57. The van der Waals surface area contributed by atoms with Crippen LogP contribution in [0.1, 0.15) is 53.4 Å². The molecule has 0 atom stereocenters. The van der Waals surface area contributed by atoms with Gasteiger partial charge in [0.15, 0.2) is 0 Å². The summed E-state index contributed by atoms with van der Waals surface area (Å²) in [6.45, 7) is 12.6. The first-order valence-corrected chi connectivity index (χ1v) is 6.52. The molecule has 0 spiro atoms. The summed E-state index contributed by atoms with van der Waals surface area (Å²) >= 11 is 0. The van der Waals surface area contributed by atoms with E-state index in [0.29, 0.717) is 0 Å². The summed E-state index contributed by atoms with van der Waals surface area (Å²) in [6.07, 6.45) is 5.53. The third kappa shape index (κ3) is 6.16. The molecule has 2 nitrogen and oxygen atoms in total. The van der Waals surface area contributed by atoms with Crippen molar-refractivity contribution in [3.63, 3.8) is 0 Å². The minimum atomic E-state index is 0.264. The van der Waals surface area contributed by atoms with Crippen molar-refractivity contribution < 1.29 is 0 Å². The maximum absolute atomic E-state index is 3.57. The molecule has 1 rings (SSSR count). The second-order valence-corrected chi connectivity index (χ2v) is 5.80. The molecule has 1 aliphatic rings. The highest BCUT2D eigenvalue weighted by atomic mass is 15.2. The van der Waals surface area contributed by atoms with Crippen LogP contribution in [0.25, 0.3) is 0 Å². The average Bonchev–Trinajstić information content (AvgIpc) is 2.92. The summed E-state index contributed by atoms with van der Waals surface area (Å²) in [7, 11) is 0. The fourth-order valence-corrected chi connectivity index (χ4v) is 1.85. The maximum Gasteiger partial charge on any atom is 0.0110 e. The number of hydrogen-bond donors (Lipinski definition) is 1. The molecule has 0 aromatic carbocycles. The molecule has 0 aliphatic heterocycles. The Hall–Kier alpha value is -0.0800. The zero-order valence-corrected chi connectivity index (χ0v) is 11.0. The van der Waals surface area contributed by atoms with E-state index in [4.69, 9.17) is 0 Å². The van der Waals surface area contributed by atoms with Crippen molar-refractivity contribution in [2.45, 2.75) is 65.0 Å². The third-order valence-corrected chi connectivity index (χ3v) is 2.92. The van der Waals surface area contributed by atoms with E-state index in [-0.39, 0.29) is 5.54 Å². The van der Waals surface area contributed by atoms with Crippen LogP contribution >= 0.6 is 0 Å². The van der Waals surface area contributed by atoms with Crippen LogP contribution in [0.4, 0.5) is 0 Å². The molecule has 0 bridgehead atoms. The molecule has 2 heteroatoms. The van der Waals surface area contributed by atoms with Crippen molar-refractivity contribution in [1.82, 2.24) is 10.2 Å². The molecule has 0 unspecified atom stereocenters. The monoisotopic (exact) mass is 212 g/mol. The number of unbranched alkanes of at least 4 members (excludes halogenated alkanes) is 1. The van der Waals surface area contributed by atoms with E-state index >= 15 is 0 Å². The quantitative estimate of drug-likeness (QED) is 0.698. The van der Waals surface area contributed by atoms with Crippen molar-refractivity contribution >= 4 is 0 Å². The lowest BCUT2D eigenvalue weighted by Gasteiger charge is -2.26. The van der Waals surface area contributed by atoms with E-state index in [1.54, 1.807) is 0 Å². The molecule has 1 fully saturated rings. The second-order valence-electron chi connectivity index (χ2n) is 5.80. The van der Waals surface area contributed by atoms with Gasteiger partial charge < -0.3 is 5.32 Å². The van der Waals surface area contributed by atoms with Crippen LogP contribution in [-0.2, 0) is 0 Å². The zero-order valence-electron chi connectivity index (χ0n) is 11.0. The van der Waals surface area contributed by atoms with Gasteiger partial charge in [0.1, 0.15) is 0 Å². The van der Waals surface area contributed by atoms with Gasteiger partial charge in [-0.25, -0.2) is 0 Å². The Balaban J connectivity index is 2.14. The molecule has 0 radical (unpaired) electrons. The van der Waals surface area contributed by atoms with Crippen molar-refractivity contribution in [1.29, 1.82) is 0 Å². The average molecular weight is 212 g/mol. The molecule has 15 heavy (non-hydrogen) atoms. The summed E-state index contributed by atoms with van der Waals surface area (Å²) < 4.78 is 0. The first-order valence-electron chi connectivity index (χ1n) is 6.52. The van der Waals surface area contributed by atoms with Gasteiger partial charge >= 0.3 is 0 Å². The summed E-state index contributed by atoms with van der Waals surface area (Å²) in [4.78, 5) is 2.67. The molecule has 1 aliphatic carbocycles. The molecular formula is C13H28N2. The zero-order chi connectivity index (χ0) is 11.3. The van der Waals surface area contributed by atoms with Gasteiger partial charge in [0, 0.05) is 24.7 Å². The van der Waals surface area contributed by atoms with Crippen LogP contribution in [0.5, 0.6) is 0 Å². The van der Waals surface area contributed by atoms with E-state index in [2.05, 4.69) is 37.9 Å². The smallest absolute Gasteiger partial charge is 0.0110 e. The third-order valence-electron chi connectivity index (χ3n) is 2.92. The van der Waals surface area contributed by atoms with Crippen LogP contribution in [0, 0.1) is 0 Å². The Morgan fingerprint density at radius 1 is 1.20 bits per heavy atom. The highest BCUT2D eigenvalue weighted by molar-refractivity contribution is 4.85. The Morgan fingerprint density at radius 3 is 2.33 bits per heavy atom. The first kappa shape index (κ1) is 13.0. The van der Waals surface area contributed by atoms with Crippen molar-refractivity contribution in [2.75, 3.05) is 19.6 Å².